The van der Waals surface area contributed by atoms with Crippen LogP contribution in [0.3, 0.4) is 0 Å². The molecule has 2 aromatic carbocycles. The van der Waals surface area contributed by atoms with E-state index in [0.717, 1.165) is 6.42 Å². The van der Waals surface area contributed by atoms with Crippen molar-refractivity contribution in [1.29, 1.82) is 0 Å². The van der Waals surface area contributed by atoms with Crippen LogP contribution < -0.4 is 0 Å². The minimum atomic E-state index is 0.378. The predicted octanol–water partition coefficient (Wildman–Crippen LogP) is 5.63. The van der Waals surface area contributed by atoms with Crippen LogP contribution in [0.25, 0.3) is 10.8 Å². The Morgan fingerprint density at radius 2 is 1.74 bits per heavy atom. The quantitative estimate of drug-likeness (QED) is 0.603. The molecular formula is C19H22. The monoisotopic (exact) mass is 250 g/mol. The van der Waals surface area contributed by atoms with Gasteiger partial charge < -0.3 is 0 Å². The van der Waals surface area contributed by atoms with Crippen molar-refractivity contribution in [3.63, 3.8) is 0 Å². The highest BCUT2D eigenvalue weighted by Crippen LogP contribution is 2.34. The van der Waals surface area contributed by atoms with Crippen LogP contribution in [0, 0.1) is 12.8 Å². The third-order valence-electron chi connectivity index (χ3n) is 3.94. The van der Waals surface area contributed by atoms with Crippen LogP contribution in [-0.2, 0) is 0 Å². The maximum absolute atomic E-state index is 4.04. The molecule has 0 radical (unpaired) electrons. The Balaban J connectivity index is 2.58. The van der Waals surface area contributed by atoms with Gasteiger partial charge in [-0.3, -0.25) is 0 Å². The summed E-state index contributed by atoms with van der Waals surface area (Å²) in [6, 6.07) is 13.1. The van der Waals surface area contributed by atoms with E-state index in [1.165, 1.54) is 21.9 Å². The lowest BCUT2D eigenvalue weighted by Crippen LogP contribution is -2.07. The molecule has 0 N–H and O–H groups in total. The van der Waals surface area contributed by atoms with Gasteiger partial charge in [-0.1, -0.05) is 55.5 Å². The molecule has 2 atom stereocenters. The summed E-state index contributed by atoms with van der Waals surface area (Å²) in [6.45, 7) is 12.3. The Hall–Kier alpha value is -1.82. The molecule has 0 amide bonds. The molecule has 0 heterocycles. The zero-order valence-corrected chi connectivity index (χ0v) is 11.9. The van der Waals surface area contributed by atoms with Gasteiger partial charge in [0.05, 0.1) is 0 Å². The third-order valence-corrected chi connectivity index (χ3v) is 3.94. The van der Waals surface area contributed by atoms with E-state index in [1.54, 1.807) is 0 Å². The van der Waals surface area contributed by atoms with E-state index in [2.05, 4.69) is 69.5 Å². The van der Waals surface area contributed by atoms with Crippen LogP contribution in [0.2, 0.25) is 0 Å². The molecule has 0 aliphatic rings. The molecule has 0 bridgehead atoms. The molecule has 0 aliphatic heterocycles. The van der Waals surface area contributed by atoms with Crippen molar-refractivity contribution in [3.8, 4) is 0 Å². The van der Waals surface area contributed by atoms with E-state index < -0.39 is 0 Å². The van der Waals surface area contributed by atoms with E-state index in [1.807, 2.05) is 6.08 Å². The first kappa shape index (κ1) is 13.6. The lowest BCUT2D eigenvalue weighted by Gasteiger charge is -2.22. The molecule has 2 unspecified atom stereocenters. The van der Waals surface area contributed by atoms with Crippen molar-refractivity contribution in [2.24, 2.45) is 5.92 Å². The minimum absolute atomic E-state index is 0.378. The first-order chi connectivity index (χ1) is 9.19. The molecule has 0 aliphatic carbocycles. The number of rotatable bonds is 5. The van der Waals surface area contributed by atoms with E-state index >= 15 is 0 Å². The van der Waals surface area contributed by atoms with Crippen molar-refractivity contribution in [2.75, 3.05) is 0 Å². The van der Waals surface area contributed by atoms with Crippen molar-refractivity contribution in [1.82, 2.24) is 0 Å². The summed E-state index contributed by atoms with van der Waals surface area (Å²) in [5.74, 6) is 0.907. The van der Waals surface area contributed by atoms with Crippen molar-refractivity contribution < 1.29 is 0 Å². The fourth-order valence-corrected chi connectivity index (χ4v) is 2.84. The summed E-state index contributed by atoms with van der Waals surface area (Å²) in [5.41, 5.74) is 2.71. The number of allylic oxidation sites excluding steroid dienone is 2. The largest absolute Gasteiger partial charge is 0.103 e. The van der Waals surface area contributed by atoms with Crippen molar-refractivity contribution in [2.45, 2.75) is 26.2 Å². The van der Waals surface area contributed by atoms with Gasteiger partial charge in [0, 0.05) is 5.92 Å². The van der Waals surface area contributed by atoms with Gasteiger partial charge in [0.15, 0.2) is 0 Å². The summed E-state index contributed by atoms with van der Waals surface area (Å²) in [6.07, 6.45) is 5.09. The molecule has 0 saturated carbocycles. The molecule has 0 nitrogen and oxygen atoms in total. The second-order valence-corrected chi connectivity index (χ2v) is 5.28. The summed E-state index contributed by atoms with van der Waals surface area (Å²) in [5, 5.41) is 2.70. The van der Waals surface area contributed by atoms with Crippen LogP contribution in [0.4, 0.5) is 0 Å². The van der Waals surface area contributed by atoms with Crippen LogP contribution in [0.15, 0.2) is 61.7 Å². The highest BCUT2D eigenvalue weighted by Gasteiger charge is 2.17. The highest BCUT2D eigenvalue weighted by atomic mass is 14.2. The maximum atomic E-state index is 4.04. The predicted molar refractivity (Wildman–Crippen MR) is 85.6 cm³/mol. The Bertz CT molecular complexity index is 592. The van der Waals surface area contributed by atoms with Crippen molar-refractivity contribution in [3.05, 3.63) is 72.8 Å². The summed E-state index contributed by atoms with van der Waals surface area (Å²) in [7, 11) is 0. The van der Waals surface area contributed by atoms with E-state index in [-0.39, 0.29) is 0 Å². The van der Waals surface area contributed by atoms with Crippen LogP contribution in [0.5, 0.6) is 0 Å². The Morgan fingerprint density at radius 3 is 2.37 bits per heavy atom. The second kappa shape index (κ2) is 5.88. The lowest BCUT2D eigenvalue weighted by atomic mass is 9.82. The molecular weight excluding hydrogens is 228 g/mol. The number of benzene rings is 2. The molecule has 0 fully saturated rings. The fourth-order valence-electron chi connectivity index (χ4n) is 2.84. The Morgan fingerprint density at radius 1 is 1.05 bits per heavy atom. The van der Waals surface area contributed by atoms with Crippen molar-refractivity contribution >= 4 is 10.8 Å². The number of aryl methyl sites for hydroxylation is 1. The first-order valence-corrected chi connectivity index (χ1v) is 6.90. The number of hydrogen-bond donors (Lipinski definition) is 0. The maximum Gasteiger partial charge on any atom is 0.00500 e. The molecule has 98 valence electrons. The van der Waals surface area contributed by atoms with Gasteiger partial charge in [-0.2, -0.15) is 0 Å². The van der Waals surface area contributed by atoms with Crippen LogP contribution in [-0.4, -0.2) is 0 Å². The van der Waals surface area contributed by atoms with Crippen LogP contribution in [0.1, 0.15) is 30.4 Å². The highest BCUT2D eigenvalue weighted by molar-refractivity contribution is 5.89. The van der Waals surface area contributed by atoms with Gasteiger partial charge in [-0.25, -0.2) is 0 Å². The Labute approximate surface area is 116 Å². The molecule has 2 rings (SSSR count). The van der Waals surface area contributed by atoms with E-state index in [0.29, 0.717) is 11.8 Å². The molecule has 2 aromatic rings. The standard InChI is InChI=1S/C19H22/c1-5-9-14(3)16(6-2)19-13-12-15(4)17-10-7-8-11-18(17)19/h5-8,10-14,16H,1-2,9H2,3-4H3. The zero-order chi connectivity index (χ0) is 13.8. The molecule has 0 aromatic heterocycles. The summed E-state index contributed by atoms with van der Waals surface area (Å²) >= 11 is 0. The van der Waals surface area contributed by atoms with Gasteiger partial charge in [0.25, 0.3) is 0 Å². The fraction of sp³-hybridized carbons (Fsp3) is 0.263. The minimum Gasteiger partial charge on any atom is -0.103 e. The second-order valence-electron chi connectivity index (χ2n) is 5.28. The molecule has 0 saturated heterocycles. The van der Waals surface area contributed by atoms with Crippen LogP contribution >= 0.6 is 0 Å². The van der Waals surface area contributed by atoms with Gasteiger partial charge in [0.1, 0.15) is 0 Å². The Kier molecular flexibility index (Phi) is 4.21. The smallest absolute Gasteiger partial charge is 0.00500 e. The molecule has 19 heavy (non-hydrogen) atoms. The molecule has 0 spiro atoms. The summed E-state index contributed by atoms with van der Waals surface area (Å²) < 4.78 is 0. The van der Waals surface area contributed by atoms with Gasteiger partial charge >= 0.3 is 0 Å². The van der Waals surface area contributed by atoms with E-state index in [4.69, 9.17) is 0 Å². The van der Waals surface area contributed by atoms with Gasteiger partial charge in [-0.05, 0) is 41.2 Å². The SMILES string of the molecule is C=CCC(C)C(C=C)c1ccc(C)c2ccccc12. The van der Waals surface area contributed by atoms with Gasteiger partial charge in [-0.15, -0.1) is 13.2 Å². The number of fused-ring (bicyclic) bond motifs is 1. The van der Waals surface area contributed by atoms with E-state index in [9.17, 15) is 0 Å². The summed E-state index contributed by atoms with van der Waals surface area (Å²) in [4.78, 5) is 0. The average Bonchev–Trinajstić information content (AvgIpc) is 2.43. The number of hydrogen-bond acceptors (Lipinski definition) is 0. The van der Waals surface area contributed by atoms with Gasteiger partial charge in [0.2, 0.25) is 0 Å². The average molecular weight is 250 g/mol. The zero-order valence-electron chi connectivity index (χ0n) is 11.9. The third kappa shape index (κ3) is 2.63. The first-order valence-electron chi connectivity index (χ1n) is 6.90. The molecule has 0 heteroatoms. The topological polar surface area (TPSA) is 0 Å². The normalized spacial score (nSPS) is 14.0. The lowest BCUT2D eigenvalue weighted by molar-refractivity contribution is 0.535.